The summed E-state index contributed by atoms with van der Waals surface area (Å²) in [5.41, 5.74) is 7.51. The van der Waals surface area contributed by atoms with Crippen LogP contribution in [0.1, 0.15) is 49.5 Å². The Balaban J connectivity index is 3.01. The summed E-state index contributed by atoms with van der Waals surface area (Å²) in [5.74, 6) is 0.263. The van der Waals surface area contributed by atoms with Crippen LogP contribution < -0.4 is 11.1 Å². The van der Waals surface area contributed by atoms with Crippen LogP contribution in [0.25, 0.3) is 0 Å². The minimum atomic E-state index is -0.0625. The molecule has 1 rings (SSSR count). The number of nitrogens with two attached hydrogens (primary N) is 1. The zero-order chi connectivity index (χ0) is 11.6. The summed E-state index contributed by atoms with van der Waals surface area (Å²) in [6.07, 6.45) is 0. The van der Waals surface area contributed by atoms with Crippen LogP contribution in [0, 0.1) is 0 Å². The molecule has 0 atom stereocenters. The quantitative estimate of drug-likeness (QED) is 0.832. The number of hydrogen-bond donors (Lipinski definition) is 2. The molecule has 1 amide bonds. The Kier molecular flexibility index (Phi) is 3.74. The number of amides is 1. The molecule has 0 radical (unpaired) electrons. The second kappa shape index (κ2) is 4.66. The van der Waals surface area contributed by atoms with Crippen molar-refractivity contribution in [3.05, 3.63) is 16.5 Å². The van der Waals surface area contributed by atoms with Gasteiger partial charge in [-0.3, -0.25) is 4.79 Å². The highest BCUT2D eigenvalue weighted by atomic mass is 32.1. The Hall–Kier alpha value is -1.03. The van der Waals surface area contributed by atoms with Crippen molar-refractivity contribution in [1.29, 1.82) is 0 Å². The van der Waals surface area contributed by atoms with Gasteiger partial charge in [0.15, 0.2) is 0 Å². The lowest BCUT2D eigenvalue weighted by molar-refractivity contribution is 0.0943. The van der Waals surface area contributed by atoms with Crippen molar-refractivity contribution in [3.63, 3.8) is 0 Å². The third-order valence-corrected chi connectivity index (χ3v) is 2.95. The number of carbonyl (C=O) groups is 1. The molecule has 0 unspecified atom stereocenters. The summed E-state index contributed by atoms with van der Waals surface area (Å²) in [4.78, 5) is 11.9. The van der Waals surface area contributed by atoms with E-state index in [4.69, 9.17) is 5.73 Å². The summed E-state index contributed by atoms with van der Waals surface area (Å²) in [6, 6.07) is 0.136. The van der Waals surface area contributed by atoms with Crippen molar-refractivity contribution >= 4 is 22.2 Å². The van der Waals surface area contributed by atoms with Gasteiger partial charge in [0.25, 0.3) is 5.91 Å². The normalized spacial score (nSPS) is 11.1. The van der Waals surface area contributed by atoms with E-state index < -0.39 is 0 Å². The van der Waals surface area contributed by atoms with Crippen LogP contribution in [0.2, 0.25) is 0 Å². The van der Waals surface area contributed by atoms with Crippen LogP contribution in [-0.4, -0.2) is 11.9 Å². The average Bonchev–Trinajstić information content (AvgIpc) is 2.45. The average molecular weight is 226 g/mol. The highest BCUT2D eigenvalue weighted by Gasteiger charge is 2.19. The molecule has 84 valence electrons. The van der Waals surface area contributed by atoms with Gasteiger partial charge in [0.2, 0.25) is 0 Å². The first kappa shape index (κ1) is 12.0. The van der Waals surface area contributed by atoms with Crippen LogP contribution in [0.4, 0.5) is 5.00 Å². The summed E-state index contributed by atoms with van der Waals surface area (Å²) < 4.78 is 0. The first-order valence-corrected chi connectivity index (χ1v) is 5.99. The van der Waals surface area contributed by atoms with Gasteiger partial charge in [0.1, 0.15) is 0 Å². The molecule has 1 heterocycles. The Morgan fingerprint density at radius 3 is 2.47 bits per heavy atom. The molecule has 0 aliphatic heterocycles. The van der Waals surface area contributed by atoms with Gasteiger partial charge in [-0.15, -0.1) is 11.3 Å². The number of anilines is 1. The van der Waals surface area contributed by atoms with Crippen molar-refractivity contribution in [2.24, 2.45) is 0 Å². The van der Waals surface area contributed by atoms with E-state index >= 15 is 0 Å². The third-order valence-electron chi connectivity index (χ3n) is 2.12. The fourth-order valence-electron chi connectivity index (χ4n) is 1.39. The van der Waals surface area contributed by atoms with Gasteiger partial charge in [-0.25, -0.2) is 0 Å². The molecule has 0 saturated heterocycles. The lowest BCUT2D eigenvalue weighted by atomic mass is 10.0. The van der Waals surface area contributed by atoms with E-state index in [0.717, 1.165) is 5.56 Å². The standard InChI is InChI=1S/C11H18N2OS/c1-6(2)8-5-15-10(12)9(8)11(14)13-7(3)4/h5-7H,12H2,1-4H3,(H,13,14). The molecule has 0 spiro atoms. The van der Waals surface area contributed by atoms with Crippen LogP contribution in [-0.2, 0) is 0 Å². The molecular formula is C11H18N2OS. The van der Waals surface area contributed by atoms with Crippen LogP contribution in [0.15, 0.2) is 5.38 Å². The van der Waals surface area contributed by atoms with Gasteiger partial charge in [-0.1, -0.05) is 13.8 Å². The van der Waals surface area contributed by atoms with E-state index in [1.807, 2.05) is 19.2 Å². The summed E-state index contributed by atoms with van der Waals surface area (Å²) >= 11 is 1.43. The van der Waals surface area contributed by atoms with E-state index in [1.165, 1.54) is 11.3 Å². The van der Waals surface area contributed by atoms with E-state index in [9.17, 15) is 4.79 Å². The maximum Gasteiger partial charge on any atom is 0.254 e. The molecule has 0 aliphatic carbocycles. The molecule has 3 nitrogen and oxygen atoms in total. The first-order valence-electron chi connectivity index (χ1n) is 5.11. The molecule has 4 heteroatoms. The van der Waals surface area contributed by atoms with Gasteiger partial charge in [-0.05, 0) is 30.7 Å². The fourth-order valence-corrected chi connectivity index (χ4v) is 2.36. The number of nitrogen functional groups attached to an aromatic ring is 1. The maximum atomic E-state index is 11.9. The molecule has 0 bridgehead atoms. The number of hydrogen-bond acceptors (Lipinski definition) is 3. The minimum absolute atomic E-state index is 0.0625. The summed E-state index contributed by atoms with van der Waals surface area (Å²) in [7, 11) is 0. The molecule has 1 aromatic rings. The summed E-state index contributed by atoms with van der Waals surface area (Å²) in [5, 5.41) is 5.44. The number of nitrogens with one attached hydrogen (secondary N) is 1. The topological polar surface area (TPSA) is 55.1 Å². The lowest BCUT2D eigenvalue weighted by Crippen LogP contribution is -2.31. The Morgan fingerprint density at radius 1 is 1.40 bits per heavy atom. The van der Waals surface area contributed by atoms with Gasteiger partial charge < -0.3 is 11.1 Å². The second-order valence-corrected chi connectivity index (χ2v) is 5.12. The maximum absolute atomic E-state index is 11.9. The SMILES string of the molecule is CC(C)NC(=O)c1c(C(C)C)csc1N. The molecule has 0 aliphatic rings. The molecule has 0 saturated carbocycles. The first-order chi connectivity index (χ1) is 6.93. The third kappa shape index (κ3) is 2.72. The van der Waals surface area contributed by atoms with E-state index in [0.29, 0.717) is 16.5 Å². The monoisotopic (exact) mass is 226 g/mol. The molecular weight excluding hydrogens is 208 g/mol. The van der Waals surface area contributed by atoms with Crippen LogP contribution in [0.5, 0.6) is 0 Å². The minimum Gasteiger partial charge on any atom is -0.390 e. The Labute approximate surface area is 94.7 Å². The number of rotatable bonds is 3. The Bertz CT molecular complexity index is 355. The predicted octanol–water partition coefficient (Wildman–Crippen LogP) is 2.59. The lowest BCUT2D eigenvalue weighted by Gasteiger charge is -2.11. The van der Waals surface area contributed by atoms with Crippen molar-refractivity contribution in [3.8, 4) is 0 Å². The zero-order valence-corrected chi connectivity index (χ0v) is 10.4. The molecule has 15 heavy (non-hydrogen) atoms. The van der Waals surface area contributed by atoms with Gasteiger partial charge in [0.05, 0.1) is 10.6 Å². The Morgan fingerprint density at radius 2 is 2.00 bits per heavy atom. The highest BCUT2D eigenvalue weighted by Crippen LogP contribution is 2.30. The van der Waals surface area contributed by atoms with Crippen molar-refractivity contribution < 1.29 is 4.79 Å². The molecule has 1 aromatic heterocycles. The van der Waals surface area contributed by atoms with E-state index in [1.54, 1.807) is 0 Å². The fraction of sp³-hybridized carbons (Fsp3) is 0.545. The second-order valence-electron chi connectivity index (χ2n) is 4.21. The number of thiophene rings is 1. The van der Waals surface area contributed by atoms with E-state index in [-0.39, 0.29) is 11.9 Å². The number of carbonyl (C=O) groups excluding carboxylic acids is 1. The van der Waals surface area contributed by atoms with Crippen molar-refractivity contribution in [2.75, 3.05) is 5.73 Å². The van der Waals surface area contributed by atoms with Crippen molar-refractivity contribution in [2.45, 2.75) is 39.7 Å². The molecule has 0 aromatic carbocycles. The largest absolute Gasteiger partial charge is 0.390 e. The predicted molar refractivity (Wildman–Crippen MR) is 65.4 cm³/mol. The zero-order valence-electron chi connectivity index (χ0n) is 9.63. The van der Waals surface area contributed by atoms with Crippen LogP contribution in [0.3, 0.4) is 0 Å². The molecule has 3 N–H and O–H groups in total. The van der Waals surface area contributed by atoms with Gasteiger partial charge >= 0.3 is 0 Å². The summed E-state index contributed by atoms with van der Waals surface area (Å²) in [6.45, 7) is 8.01. The van der Waals surface area contributed by atoms with Gasteiger partial charge in [-0.2, -0.15) is 0 Å². The van der Waals surface area contributed by atoms with E-state index in [2.05, 4.69) is 19.2 Å². The molecule has 0 fully saturated rings. The smallest absolute Gasteiger partial charge is 0.254 e. The van der Waals surface area contributed by atoms with Gasteiger partial charge in [0, 0.05) is 6.04 Å². The van der Waals surface area contributed by atoms with Crippen molar-refractivity contribution in [1.82, 2.24) is 5.32 Å². The highest BCUT2D eigenvalue weighted by molar-refractivity contribution is 7.14. The van der Waals surface area contributed by atoms with Crippen LogP contribution >= 0.6 is 11.3 Å².